The van der Waals surface area contributed by atoms with Crippen molar-refractivity contribution in [1.82, 2.24) is 0 Å². The molecule has 0 heterocycles. The third-order valence-electron chi connectivity index (χ3n) is 4.42. The molecule has 0 radical (unpaired) electrons. The van der Waals surface area contributed by atoms with Crippen LogP contribution in [0, 0.1) is 18.8 Å². The summed E-state index contributed by atoms with van der Waals surface area (Å²) < 4.78 is 5.37. The summed E-state index contributed by atoms with van der Waals surface area (Å²) in [6.45, 7) is 4.36. The molecule has 0 aromatic heterocycles. The van der Waals surface area contributed by atoms with Gasteiger partial charge in [-0.2, -0.15) is 0 Å². The predicted octanol–water partition coefficient (Wildman–Crippen LogP) is 4.26. The van der Waals surface area contributed by atoms with Gasteiger partial charge in [0.25, 0.3) is 0 Å². The zero-order valence-electron chi connectivity index (χ0n) is 14.7. The average molecular weight is 373 g/mol. The molecule has 136 valence electrons. The number of rotatable bonds is 6. The largest absolute Gasteiger partial charge is 0.494 e. The predicted molar refractivity (Wildman–Crippen MR) is 103 cm³/mol. The van der Waals surface area contributed by atoms with E-state index < -0.39 is 0 Å². The molecule has 1 aliphatic carbocycles. The van der Waals surface area contributed by atoms with Gasteiger partial charge in [0.1, 0.15) is 5.75 Å². The maximum Gasteiger partial charge on any atom is 0.228 e. The van der Waals surface area contributed by atoms with Crippen molar-refractivity contribution in [3.63, 3.8) is 0 Å². The van der Waals surface area contributed by atoms with Gasteiger partial charge in [-0.05, 0) is 62.2 Å². The highest BCUT2D eigenvalue weighted by Crippen LogP contribution is 2.40. The Kier molecular flexibility index (Phi) is 5.47. The standard InChI is InChI=1S/C20H21ClN2O3/c1-3-26-14-9-7-13(8-10-14)22-19(24)15-11-16(15)20(25)23-18-6-4-5-17(21)12(18)2/h4-10,15-16H,3,11H2,1-2H3,(H,22,24)(H,23,25). The molecule has 1 saturated carbocycles. The van der Waals surface area contributed by atoms with Crippen molar-refractivity contribution in [3.8, 4) is 5.75 Å². The number of anilines is 2. The quantitative estimate of drug-likeness (QED) is 0.796. The van der Waals surface area contributed by atoms with E-state index >= 15 is 0 Å². The number of hydrogen-bond acceptors (Lipinski definition) is 3. The Bertz CT molecular complexity index is 820. The van der Waals surface area contributed by atoms with Gasteiger partial charge in [-0.3, -0.25) is 9.59 Å². The van der Waals surface area contributed by atoms with Crippen molar-refractivity contribution in [1.29, 1.82) is 0 Å². The second-order valence-electron chi connectivity index (χ2n) is 6.30. The van der Waals surface area contributed by atoms with Crippen LogP contribution in [0.5, 0.6) is 5.75 Å². The van der Waals surface area contributed by atoms with Crippen LogP contribution in [0.15, 0.2) is 42.5 Å². The molecule has 0 bridgehead atoms. The molecule has 1 aliphatic rings. The van der Waals surface area contributed by atoms with E-state index in [4.69, 9.17) is 16.3 Å². The fourth-order valence-corrected chi connectivity index (χ4v) is 2.95. The topological polar surface area (TPSA) is 67.4 Å². The van der Waals surface area contributed by atoms with E-state index in [9.17, 15) is 9.59 Å². The summed E-state index contributed by atoms with van der Waals surface area (Å²) in [6, 6.07) is 12.5. The van der Waals surface area contributed by atoms with Gasteiger partial charge >= 0.3 is 0 Å². The number of halogens is 1. The van der Waals surface area contributed by atoms with Crippen molar-refractivity contribution < 1.29 is 14.3 Å². The molecular weight excluding hydrogens is 352 g/mol. The molecule has 2 aromatic rings. The van der Waals surface area contributed by atoms with Crippen LogP contribution in [-0.2, 0) is 9.59 Å². The molecule has 2 unspecified atom stereocenters. The molecule has 2 aromatic carbocycles. The van der Waals surface area contributed by atoms with E-state index in [1.54, 1.807) is 42.5 Å². The highest BCUT2D eigenvalue weighted by molar-refractivity contribution is 6.31. The lowest BCUT2D eigenvalue weighted by Crippen LogP contribution is -2.20. The minimum Gasteiger partial charge on any atom is -0.494 e. The van der Waals surface area contributed by atoms with Crippen molar-refractivity contribution in [2.75, 3.05) is 17.2 Å². The first-order chi connectivity index (χ1) is 12.5. The Morgan fingerprint density at radius 3 is 2.38 bits per heavy atom. The summed E-state index contributed by atoms with van der Waals surface area (Å²) in [5.41, 5.74) is 2.19. The Morgan fingerprint density at radius 1 is 1.08 bits per heavy atom. The van der Waals surface area contributed by atoms with Crippen molar-refractivity contribution in [2.45, 2.75) is 20.3 Å². The third-order valence-corrected chi connectivity index (χ3v) is 4.83. The van der Waals surface area contributed by atoms with Gasteiger partial charge in [-0.25, -0.2) is 0 Å². The number of amides is 2. The number of hydrogen-bond donors (Lipinski definition) is 2. The average Bonchev–Trinajstić information content (AvgIpc) is 3.42. The van der Waals surface area contributed by atoms with Gasteiger partial charge in [0, 0.05) is 16.4 Å². The molecule has 0 saturated heterocycles. The minimum atomic E-state index is -0.309. The summed E-state index contributed by atoms with van der Waals surface area (Å²) in [5, 5.41) is 6.31. The van der Waals surface area contributed by atoms with Gasteiger partial charge < -0.3 is 15.4 Å². The lowest BCUT2D eigenvalue weighted by atomic mass is 10.2. The lowest BCUT2D eigenvalue weighted by molar-refractivity contribution is -0.122. The Hall–Kier alpha value is -2.53. The smallest absolute Gasteiger partial charge is 0.228 e. The molecule has 26 heavy (non-hydrogen) atoms. The first kappa shape index (κ1) is 18.3. The molecular formula is C20H21ClN2O3. The van der Waals surface area contributed by atoms with E-state index in [0.29, 0.717) is 29.4 Å². The van der Waals surface area contributed by atoms with Crippen LogP contribution in [0.1, 0.15) is 18.9 Å². The fraction of sp³-hybridized carbons (Fsp3) is 0.300. The van der Waals surface area contributed by atoms with Crippen LogP contribution >= 0.6 is 11.6 Å². The summed E-state index contributed by atoms with van der Waals surface area (Å²) >= 11 is 6.07. The first-order valence-electron chi connectivity index (χ1n) is 8.59. The lowest BCUT2D eigenvalue weighted by Gasteiger charge is -2.10. The van der Waals surface area contributed by atoms with Gasteiger partial charge in [-0.1, -0.05) is 17.7 Å². The molecule has 3 rings (SSSR count). The molecule has 0 spiro atoms. The molecule has 2 atom stereocenters. The van der Waals surface area contributed by atoms with Gasteiger partial charge in [-0.15, -0.1) is 0 Å². The normalized spacial score (nSPS) is 18.1. The van der Waals surface area contributed by atoms with Crippen LogP contribution in [0.4, 0.5) is 11.4 Å². The molecule has 6 heteroatoms. The Balaban J connectivity index is 1.55. The summed E-state index contributed by atoms with van der Waals surface area (Å²) in [7, 11) is 0. The summed E-state index contributed by atoms with van der Waals surface area (Å²) in [5.74, 6) is -0.150. The SMILES string of the molecule is CCOc1ccc(NC(=O)C2CC2C(=O)Nc2cccc(Cl)c2C)cc1. The van der Waals surface area contributed by atoms with Crippen LogP contribution in [0.2, 0.25) is 5.02 Å². The van der Waals surface area contributed by atoms with Crippen molar-refractivity contribution in [2.24, 2.45) is 11.8 Å². The van der Waals surface area contributed by atoms with E-state index in [1.807, 2.05) is 13.8 Å². The summed E-state index contributed by atoms with van der Waals surface area (Å²) in [4.78, 5) is 24.7. The number of carbonyl (C=O) groups excluding carboxylic acids is 2. The van der Waals surface area contributed by atoms with Crippen LogP contribution in [0.3, 0.4) is 0 Å². The Morgan fingerprint density at radius 2 is 1.73 bits per heavy atom. The van der Waals surface area contributed by atoms with E-state index in [0.717, 1.165) is 11.3 Å². The number of carbonyl (C=O) groups is 2. The molecule has 5 nitrogen and oxygen atoms in total. The van der Waals surface area contributed by atoms with Crippen molar-refractivity contribution in [3.05, 3.63) is 53.1 Å². The highest BCUT2D eigenvalue weighted by Gasteiger charge is 2.48. The van der Waals surface area contributed by atoms with Crippen LogP contribution in [0.25, 0.3) is 0 Å². The van der Waals surface area contributed by atoms with E-state index in [1.165, 1.54) is 0 Å². The molecule has 2 N–H and O–H groups in total. The Labute approximate surface area is 157 Å². The maximum atomic E-state index is 12.4. The zero-order valence-corrected chi connectivity index (χ0v) is 15.5. The highest BCUT2D eigenvalue weighted by atomic mass is 35.5. The fourth-order valence-electron chi connectivity index (χ4n) is 2.78. The molecule has 1 fully saturated rings. The van der Waals surface area contributed by atoms with E-state index in [2.05, 4.69) is 10.6 Å². The van der Waals surface area contributed by atoms with Crippen molar-refractivity contribution >= 4 is 34.8 Å². The van der Waals surface area contributed by atoms with Gasteiger partial charge in [0.15, 0.2) is 0 Å². The van der Waals surface area contributed by atoms with Crippen LogP contribution < -0.4 is 15.4 Å². The van der Waals surface area contributed by atoms with Crippen LogP contribution in [-0.4, -0.2) is 18.4 Å². The summed E-state index contributed by atoms with van der Waals surface area (Å²) in [6.07, 6.45) is 0.550. The second kappa shape index (κ2) is 7.79. The number of benzene rings is 2. The van der Waals surface area contributed by atoms with Gasteiger partial charge in [0.05, 0.1) is 18.4 Å². The number of nitrogens with one attached hydrogen (secondary N) is 2. The molecule has 0 aliphatic heterocycles. The minimum absolute atomic E-state index is 0.142. The maximum absolute atomic E-state index is 12.4. The first-order valence-corrected chi connectivity index (χ1v) is 8.97. The molecule has 2 amide bonds. The van der Waals surface area contributed by atoms with Gasteiger partial charge in [0.2, 0.25) is 11.8 Å². The second-order valence-corrected chi connectivity index (χ2v) is 6.70. The third kappa shape index (κ3) is 4.17. The monoisotopic (exact) mass is 372 g/mol. The number of ether oxygens (including phenoxy) is 1. The zero-order chi connectivity index (χ0) is 18.7. The van der Waals surface area contributed by atoms with E-state index in [-0.39, 0.29) is 23.7 Å².